The van der Waals surface area contributed by atoms with Crippen molar-refractivity contribution in [2.24, 2.45) is 5.16 Å². The topological polar surface area (TPSA) is 56.5 Å². The van der Waals surface area contributed by atoms with E-state index < -0.39 is 0 Å². The minimum Gasteiger partial charge on any atom is -0.390 e. The highest BCUT2D eigenvalue weighted by Crippen LogP contribution is 2.27. The second kappa shape index (κ2) is 7.58. The molecule has 0 radical (unpaired) electrons. The number of hydrogen-bond acceptors (Lipinski definition) is 4. The fraction of sp³-hybridized carbons (Fsp3) is 0.227. The average Bonchev–Trinajstić information content (AvgIpc) is 3.14. The normalized spacial score (nSPS) is 14.1. The lowest BCUT2D eigenvalue weighted by Crippen LogP contribution is -2.24. The van der Waals surface area contributed by atoms with Gasteiger partial charge in [-0.3, -0.25) is 4.79 Å². The van der Waals surface area contributed by atoms with Crippen LogP contribution in [0.1, 0.15) is 52.6 Å². The van der Waals surface area contributed by atoms with Crippen LogP contribution in [0.2, 0.25) is 0 Å². The van der Waals surface area contributed by atoms with Gasteiger partial charge in [0.2, 0.25) is 5.78 Å². The van der Waals surface area contributed by atoms with Crippen molar-refractivity contribution in [2.75, 3.05) is 0 Å². The van der Waals surface area contributed by atoms with Gasteiger partial charge < -0.3 is 9.40 Å². The second-order valence-electron chi connectivity index (χ2n) is 6.56. The third-order valence-electron chi connectivity index (χ3n) is 4.69. The minimum absolute atomic E-state index is 0.00351. The number of aromatic nitrogens is 2. The lowest BCUT2D eigenvalue weighted by atomic mass is 9.89. The summed E-state index contributed by atoms with van der Waals surface area (Å²) in [4.78, 5) is 23.2. The number of carbonyl (C=O) groups is 1. The predicted molar refractivity (Wildman–Crippen MR) is 104 cm³/mol. The summed E-state index contributed by atoms with van der Waals surface area (Å²) in [6, 6.07) is 17.4. The Kier molecular flexibility index (Phi) is 4.83. The Morgan fingerprint density at radius 3 is 2.56 bits per heavy atom. The highest BCUT2D eigenvalue weighted by molar-refractivity contribution is 6.28. The van der Waals surface area contributed by atoms with Crippen LogP contribution in [0.15, 0.2) is 66.1 Å². The number of rotatable bonds is 6. The zero-order valence-corrected chi connectivity index (χ0v) is 15.3. The SMILES string of the molecule is CCCCn1cnc2c1C(=O)c1ccccc1C2=NOCc1ccccc1. The Labute approximate surface area is 158 Å². The van der Waals surface area contributed by atoms with Crippen molar-refractivity contribution in [1.29, 1.82) is 0 Å². The van der Waals surface area contributed by atoms with Gasteiger partial charge in [0.05, 0.1) is 6.33 Å². The Morgan fingerprint density at radius 2 is 1.78 bits per heavy atom. The molecular formula is C22H21N3O2. The third kappa shape index (κ3) is 3.28. The third-order valence-corrected chi connectivity index (χ3v) is 4.69. The summed E-state index contributed by atoms with van der Waals surface area (Å²) in [6.45, 7) is 3.27. The van der Waals surface area contributed by atoms with Gasteiger partial charge in [0.1, 0.15) is 23.7 Å². The van der Waals surface area contributed by atoms with E-state index in [1.807, 2.05) is 59.2 Å². The molecule has 1 aromatic heterocycles. The zero-order chi connectivity index (χ0) is 18.6. The van der Waals surface area contributed by atoms with Crippen LogP contribution in [0.4, 0.5) is 0 Å². The van der Waals surface area contributed by atoms with E-state index in [2.05, 4.69) is 17.1 Å². The molecule has 27 heavy (non-hydrogen) atoms. The fourth-order valence-corrected chi connectivity index (χ4v) is 3.27. The number of carbonyl (C=O) groups excluding carboxylic acids is 1. The van der Waals surface area contributed by atoms with Gasteiger partial charge in [0.25, 0.3) is 0 Å². The van der Waals surface area contributed by atoms with Gasteiger partial charge in [-0.15, -0.1) is 0 Å². The molecule has 1 aliphatic rings. The molecule has 1 heterocycles. The average molecular weight is 359 g/mol. The quantitative estimate of drug-likeness (QED) is 0.485. The van der Waals surface area contributed by atoms with Crippen LogP contribution in [0.3, 0.4) is 0 Å². The maximum Gasteiger partial charge on any atom is 0.212 e. The predicted octanol–water partition coefficient (Wildman–Crippen LogP) is 4.20. The van der Waals surface area contributed by atoms with E-state index in [9.17, 15) is 4.79 Å². The Hall–Kier alpha value is -3.21. The highest BCUT2D eigenvalue weighted by atomic mass is 16.6. The standard InChI is InChI=1S/C22H21N3O2/c1-2-3-13-25-15-23-20-19(24-27-14-16-9-5-4-6-10-16)17-11-7-8-12-18(17)22(26)21(20)25/h4-12,15H,2-3,13-14H2,1H3. The van der Waals surface area contributed by atoms with Crippen molar-refractivity contribution >= 4 is 11.5 Å². The molecule has 3 aromatic rings. The Balaban J connectivity index is 1.71. The monoisotopic (exact) mass is 359 g/mol. The van der Waals surface area contributed by atoms with Crippen LogP contribution in [0, 0.1) is 0 Å². The van der Waals surface area contributed by atoms with Gasteiger partial charge in [0.15, 0.2) is 0 Å². The van der Waals surface area contributed by atoms with Crippen LogP contribution in [0.5, 0.6) is 0 Å². The first-order chi connectivity index (χ1) is 13.3. The minimum atomic E-state index is -0.00351. The lowest BCUT2D eigenvalue weighted by molar-refractivity contribution is 0.102. The smallest absolute Gasteiger partial charge is 0.212 e. The highest BCUT2D eigenvalue weighted by Gasteiger charge is 2.32. The summed E-state index contributed by atoms with van der Waals surface area (Å²) in [5, 5.41) is 4.38. The molecule has 136 valence electrons. The van der Waals surface area contributed by atoms with Gasteiger partial charge in [-0.1, -0.05) is 73.1 Å². The van der Waals surface area contributed by atoms with E-state index >= 15 is 0 Å². The van der Waals surface area contributed by atoms with Gasteiger partial charge in [-0.2, -0.15) is 0 Å². The molecule has 0 N–H and O–H groups in total. The Morgan fingerprint density at radius 1 is 1.04 bits per heavy atom. The van der Waals surface area contributed by atoms with Crippen molar-refractivity contribution in [3.8, 4) is 0 Å². The number of nitrogens with zero attached hydrogens (tertiary/aromatic N) is 3. The van der Waals surface area contributed by atoms with Crippen LogP contribution >= 0.6 is 0 Å². The molecule has 0 spiro atoms. The molecule has 0 atom stereocenters. The van der Waals surface area contributed by atoms with Crippen LogP contribution in [-0.4, -0.2) is 21.0 Å². The van der Waals surface area contributed by atoms with E-state index in [0.717, 1.165) is 30.5 Å². The maximum atomic E-state index is 13.0. The van der Waals surface area contributed by atoms with Gasteiger partial charge in [-0.25, -0.2) is 4.98 Å². The molecule has 0 bridgehead atoms. The Bertz CT molecular complexity index is 990. The van der Waals surface area contributed by atoms with Crippen molar-refractivity contribution in [1.82, 2.24) is 9.55 Å². The molecular weight excluding hydrogens is 338 g/mol. The molecule has 5 nitrogen and oxygen atoms in total. The van der Waals surface area contributed by atoms with Crippen molar-refractivity contribution in [3.05, 3.63) is 89.0 Å². The lowest BCUT2D eigenvalue weighted by Gasteiger charge is -2.18. The molecule has 2 aromatic carbocycles. The number of oxime groups is 1. The molecule has 0 aliphatic heterocycles. The van der Waals surface area contributed by atoms with Crippen LogP contribution < -0.4 is 0 Å². The second-order valence-corrected chi connectivity index (χ2v) is 6.56. The summed E-state index contributed by atoms with van der Waals surface area (Å²) >= 11 is 0. The van der Waals surface area contributed by atoms with E-state index in [4.69, 9.17) is 4.84 Å². The molecule has 0 amide bonds. The summed E-state index contributed by atoms with van der Waals surface area (Å²) < 4.78 is 1.93. The van der Waals surface area contributed by atoms with Crippen molar-refractivity contribution < 1.29 is 9.63 Å². The van der Waals surface area contributed by atoms with Crippen LogP contribution in [-0.2, 0) is 18.0 Å². The first kappa shape index (κ1) is 17.2. The number of imidazole rings is 1. The van der Waals surface area contributed by atoms with E-state index in [-0.39, 0.29) is 5.78 Å². The van der Waals surface area contributed by atoms with Crippen LogP contribution in [0.25, 0.3) is 0 Å². The molecule has 0 saturated carbocycles. The molecule has 0 saturated heterocycles. The molecule has 5 heteroatoms. The van der Waals surface area contributed by atoms with Crippen molar-refractivity contribution in [2.45, 2.75) is 32.9 Å². The molecule has 4 rings (SSSR count). The molecule has 0 unspecified atom stereocenters. The summed E-state index contributed by atoms with van der Waals surface area (Å²) in [6.07, 6.45) is 3.78. The number of aryl methyl sites for hydroxylation is 1. The number of ketones is 1. The van der Waals surface area contributed by atoms with E-state index in [1.165, 1.54) is 0 Å². The van der Waals surface area contributed by atoms with E-state index in [0.29, 0.717) is 29.3 Å². The number of hydrogen-bond donors (Lipinski definition) is 0. The maximum absolute atomic E-state index is 13.0. The first-order valence-corrected chi connectivity index (χ1v) is 9.23. The van der Waals surface area contributed by atoms with Gasteiger partial charge in [-0.05, 0) is 12.0 Å². The summed E-state index contributed by atoms with van der Waals surface area (Å²) in [5.74, 6) is -0.00351. The number of fused-ring (bicyclic) bond motifs is 2. The van der Waals surface area contributed by atoms with E-state index in [1.54, 1.807) is 6.33 Å². The first-order valence-electron chi connectivity index (χ1n) is 9.23. The zero-order valence-electron chi connectivity index (χ0n) is 15.3. The number of unbranched alkanes of at least 4 members (excludes halogenated alkanes) is 1. The molecule has 0 fully saturated rings. The fourth-order valence-electron chi connectivity index (χ4n) is 3.27. The number of benzene rings is 2. The van der Waals surface area contributed by atoms with Gasteiger partial charge >= 0.3 is 0 Å². The summed E-state index contributed by atoms with van der Waals surface area (Å²) in [7, 11) is 0. The largest absolute Gasteiger partial charge is 0.390 e. The van der Waals surface area contributed by atoms with Crippen molar-refractivity contribution in [3.63, 3.8) is 0 Å². The molecule has 1 aliphatic carbocycles. The van der Waals surface area contributed by atoms with Gasteiger partial charge in [0, 0.05) is 17.7 Å². The summed E-state index contributed by atoms with van der Waals surface area (Å²) in [5.41, 5.74) is 4.27.